The molecular weight excluding hydrogens is 243 g/mol. The highest BCUT2D eigenvalue weighted by Gasteiger charge is 2.27. The van der Waals surface area contributed by atoms with Gasteiger partial charge >= 0.3 is 0 Å². The lowest BCUT2D eigenvalue weighted by Crippen LogP contribution is -2.40. The molecule has 2 heterocycles. The van der Waals surface area contributed by atoms with E-state index < -0.39 is 0 Å². The van der Waals surface area contributed by atoms with Crippen LogP contribution >= 0.6 is 0 Å². The Morgan fingerprint density at radius 3 is 3.11 bits per heavy atom. The van der Waals surface area contributed by atoms with Crippen LogP contribution in [0.1, 0.15) is 17.9 Å². The molecule has 1 aromatic carbocycles. The quantitative estimate of drug-likeness (QED) is 0.900. The molecule has 1 aromatic heterocycles. The molecule has 100 valence electrons. The van der Waals surface area contributed by atoms with Crippen LogP contribution in [0.3, 0.4) is 0 Å². The van der Waals surface area contributed by atoms with Crippen LogP contribution in [0, 0.1) is 5.82 Å². The predicted octanol–water partition coefficient (Wildman–Crippen LogP) is 2.47. The van der Waals surface area contributed by atoms with E-state index in [1.54, 1.807) is 25.4 Å². The second kappa shape index (κ2) is 5.23. The number of nitrogens with one attached hydrogen (secondary N) is 1. The van der Waals surface area contributed by atoms with Crippen molar-refractivity contribution >= 4 is 10.9 Å². The smallest absolute Gasteiger partial charge is 0.123 e. The van der Waals surface area contributed by atoms with E-state index in [4.69, 9.17) is 4.74 Å². The van der Waals surface area contributed by atoms with Crippen LogP contribution in [-0.4, -0.2) is 31.3 Å². The van der Waals surface area contributed by atoms with Gasteiger partial charge in [0.15, 0.2) is 0 Å². The molecule has 0 aliphatic carbocycles. The van der Waals surface area contributed by atoms with Gasteiger partial charge in [0.1, 0.15) is 5.82 Å². The highest BCUT2D eigenvalue weighted by molar-refractivity contribution is 5.82. The zero-order valence-electron chi connectivity index (χ0n) is 10.9. The molecule has 2 atom stereocenters. The largest absolute Gasteiger partial charge is 0.379 e. The monoisotopic (exact) mass is 260 g/mol. The van der Waals surface area contributed by atoms with Crippen molar-refractivity contribution in [2.45, 2.75) is 18.4 Å². The number of pyridine rings is 1. The van der Waals surface area contributed by atoms with E-state index in [1.165, 1.54) is 6.07 Å². The number of hydrogen-bond donors (Lipinski definition) is 1. The van der Waals surface area contributed by atoms with Gasteiger partial charge in [-0.2, -0.15) is 0 Å². The van der Waals surface area contributed by atoms with Crippen molar-refractivity contribution in [2.75, 3.05) is 20.2 Å². The Kier molecular flexibility index (Phi) is 3.44. The molecule has 0 spiro atoms. The Labute approximate surface area is 111 Å². The lowest BCUT2D eigenvalue weighted by Gasteiger charge is -2.32. The number of piperidine rings is 1. The van der Waals surface area contributed by atoms with Gasteiger partial charge in [0.2, 0.25) is 0 Å². The molecule has 0 saturated carbocycles. The minimum atomic E-state index is -0.218. The minimum absolute atomic E-state index is 0.127. The van der Waals surface area contributed by atoms with Gasteiger partial charge in [-0.15, -0.1) is 0 Å². The van der Waals surface area contributed by atoms with Crippen molar-refractivity contribution < 1.29 is 9.13 Å². The summed E-state index contributed by atoms with van der Waals surface area (Å²) in [6.07, 6.45) is 2.92. The van der Waals surface area contributed by atoms with Crippen LogP contribution in [0.25, 0.3) is 10.9 Å². The van der Waals surface area contributed by atoms with E-state index in [-0.39, 0.29) is 11.9 Å². The SMILES string of the molecule is COC1CNCCC1c1ccnc2ccc(F)cc12. The third-order valence-corrected chi connectivity index (χ3v) is 3.87. The number of benzene rings is 1. The van der Waals surface area contributed by atoms with Gasteiger partial charge in [-0.05, 0) is 42.8 Å². The first-order chi connectivity index (χ1) is 9.29. The summed E-state index contributed by atoms with van der Waals surface area (Å²) in [4.78, 5) is 4.31. The molecule has 19 heavy (non-hydrogen) atoms. The van der Waals surface area contributed by atoms with E-state index in [1.807, 2.05) is 6.07 Å². The summed E-state index contributed by atoms with van der Waals surface area (Å²) in [7, 11) is 1.73. The standard InChI is InChI=1S/C15H17FN2O/c1-19-15-9-17-6-4-12(15)11-5-7-18-14-3-2-10(16)8-13(11)14/h2-3,5,7-8,12,15,17H,4,6,9H2,1H3. The molecule has 1 saturated heterocycles. The number of halogens is 1. The molecule has 2 unspecified atom stereocenters. The van der Waals surface area contributed by atoms with Gasteiger partial charge in [-0.25, -0.2) is 4.39 Å². The topological polar surface area (TPSA) is 34.1 Å². The van der Waals surface area contributed by atoms with Crippen LogP contribution in [0.15, 0.2) is 30.5 Å². The Morgan fingerprint density at radius 1 is 1.37 bits per heavy atom. The molecule has 1 aliphatic heterocycles. The molecule has 0 radical (unpaired) electrons. The van der Waals surface area contributed by atoms with E-state index in [2.05, 4.69) is 10.3 Å². The summed E-state index contributed by atoms with van der Waals surface area (Å²) >= 11 is 0. The summed E-state index contributed by atoms with van der Waals surface area (Å²) < 4.78 is 19.1. The van der Waals surface area contributed by atoms with Crippen LogP contribution in [0.2, 0.25) is 0 Å². The number of hydrogen-bond acceptors (Lipinski definition) is 3. The molecule has 0 bridgehead atoms. The second-order valence-electron chi connectivity index (χ2n) is 4.94. The molecule has 4 heteroatoms. The highest BCUT2D eigenvalue weighted by Crippen LogP contribution is 2.32. The number of ether oxygens (including phenoxy) is 1. The summed E-state index contributed by atoms with van der Waals surface area (Å²) in [5.74, 6) is 0.0724. The first kappa shape index (κ1) is 12.5. The molecule has 1 fully saturated rings. The zero-order valence-corrected chi connectivity index (χ0v) is 10.9. The summed E-state index contributed by atoms with van der Waals surface area (Å²) in [5.41, 5.74) is 1.98. The van der Waals surface area contributed by atoms with Crippen molar-refractivity contribution in [3.05, 3.63) is 41.8 Å². The number of fused-ring (bicyclic) bond motifs is 1. The van der Waals surface area contributed by atoms with Gasteiger partial charge in [0.05, 0.1) is 11.6 Å². The van der Waals surface area contributed by atoms with Crippen molar-refractivity contribution in [1.29, 1.82) is 0 Å². The Hall–Kier alpha value is -1.52. The molecule has 2 aromatic rings. The first-order valence-corrected chi connectivity index (χ1v) is 6.57. The fourth-order valence-electron chi connectivity index (χ4n) is 2.90. The predicted molar refractivity (Wildman–Crippen MR) is 72.7 cm³/mol. The maximum absolute atomic E-state index is 13.5. The van der Waals surface area contributed by atoms with Crippen LogP contribution in [-0.2, 0) is 4.74 Å². The van der Waals surface area contributed by atoms with Gasteiger partial charge < -0.3 is 10.1 Å². The second-order valence-corrected chi connectivity index (χ2v) is 4.94. The third-order valence-electron chi connectivity index (χ3n) is 3.87. The lowest BCUT2D eigenvalue weighted by atomic mass is 9.86. The zero-order chi connectivity index (χ0) is 13.2. The highest BCUT2D eigenvalue weighted by atomic mass is 19.1. The minimum Gasteiger partial charge on any atom is -0.379 e. The molecule has 3 nitrogen and oxygen atoms in total. The van der Waals surface area contributed by atoms with Gasteiger partial charge in [-0.3, -0.25) is 4.98 Å². The summed E-state index contributed by atoms with van der Waals surface area (Å²) in [6.45, 7) is 1.80. The molecular formula is C15H17FN2O. The molecule has 1 N–H and O–H groups in total. The average Bonchev–Trinajstić information content (AvgIpc) is 2.46. The van der Waals surface area contributed by atoms with E-state index in [0.717, 1.165) is 36.0 Å². The van der Waals surface area contributed by atoms with Crippen LogP contribution in [0.4, 0.5) is 4.39 Å². The van der Waals surface area contributed by atoms with E-state index in [9.17, 15) is 4.39 Å². The van der Waals surface area contributed by atoms with Crippen molar-refractivity contribution in [3.8, 4) is 0 Å². The lowest BCUT2D eigenvalue weighted by molar-refractivity contribution is 0.0629. The molecule has 1 aliphatic rings. The molecule has 0 amide bonds. The number of rotatable bonds is 2. The van der Waals surface area contributed by atoms with E-state index in [0.29, 0.717) is 5.92 Å². The Morgan fingerprint density at radius 2 is 2.26 bits per heavy atom. The fourth-order valence-corrected chi connectivity index (χ4v) is 2.90. The van der Waals surface area contributed by atoms with Crippen LogP contribution < -0.4 is 5.32 Å². The van der Waals surface area contributed by atoms with Crippen molar-refractivity contribution in [1.82, 2.24) is 10.3 Å². The Balaban J connectivity index is 2.10. The number of nitrogens with zero attached hydrogens (tertiary/aromatic N) is 1. The van der Waals surface area contributed by atoms with Gasteiger partial charge in [0, 0.05) is 31.2 Å². The maximum atomic E-state index is 13.5. The first-order valence-electron chi connectivity index (χ1n) is 6.57. The van der Waals surface area contributed by atoms with Crippen LogP contribution in [0.5, 0.6) is 0 Å². The normalized spacial score (nSPS) is 23.7. The fraction of sp³-hybridized carbons (Fsp3) is 0.400. The maximum Gasteiger partial charge on any atom is 0.123 e. The van der Waals surface area contributed by atoms with E-state index >= 15 is 0 Å². The third kappa shape index (κ3) is 2.33. The van der Waals surface area contributed by atoms with Crippen molar-refractivity contribution in [2.24, 2.45) is 0 Å². The number of aromatic nitrogens is 1. The van der Waals surface area contributed by atoms with Gasteiger partial charge in [0.25, 0.3) is 0 Å². The van der Waals surface area contributed by atoms with Gasteiger partial charge in [-0.1, -0.05) is 0 Å². The van der Waals surface area contributed by atoms with Crippen molar-refractivity contribution in [3.63, 3.8) is 0 Å². The average molecular weight is 260 g/mol. The number of methoxy groups -OCH3 is 1. The summed E-state index contributed by atoms with van der Waals surface area (Å²) in [6, 6.07) is 6.75. The Bertz CT molecular complexity index is 587. The molecule has 3 rings (SSSR count). The summed E-state index contributed by atoms with van der Waals surface area (Å²) in [5, 5.41) is 4.23.